The van der Waals surface area contributed by atoms with Crippen molar-refractivity contribution in [2.75, 3.05) is 26.3 Å². The van der Waals surface area contributed by atoms with E-state index in [2.05, 4.69) is 10.3 Å². The molecule has 18 heavy (non-hydrogen) atoms. The summed E-state index contributed by atoms with van der Waals surface area (Å²) in [7, 11) is 0. The number of hydrogen-bond donors (Lipinski definition) is 1. The largest absolute Gasteiger partial charge is 0.377 e. The summed E-state index contributed by atoms with van der Waals surface area (Å²) in [5, 5.41) is 2.94. The lowest BCUT2D eigenvalue weighted by molar-refractivity contribution is 0.0190. The summed E-state index contributed by atoms with van der Waals surface area (Å²) in [5.41, 5.74) is 0. The molecule has 6 nitrogen and oxygen atoms in total. The molecule has 0 aromatic carbocycles. The summed E-state index contributed by atoms with van der Waals surface area (Å²) in [6, 6.07) is 0.170. The second-order valence-corrected chi connectivity index (χ2v) is 4.50. The Kier molecular flexibility index (Phi) is 4.58. The van der Waals surface area contributed by atoms with Gasteiger partial charge in [0.25, 0.3) is 0 Å². The van der Waals surface area contributed by atoms with E-state index < -0.39 is 0 Å². The number of carbonyl (C=O) groups is 1. The van der Waals surface area contributed by atoms with Gasteiger partial charge in [-0.3, -0.25) is 0 Å². The van der Waals surface area contributed by atoms with Gasteiger partial charge in [0.15, 0.2) is 0 Å². The van der Waals surface area contributed by atoms with E-state index in [-0.39, 0.29) is 12.1 Å². The molecule has 0 bridgehead atoms. The van der Waals surface area contributed by atoms with Gasteiger partial charge < -0.3 is 19.5 Å². The minimum absolute atomic E-state index is 0.0106. The number of hydrogen-bond acceptors (Lipinski definition) is 3. The van der Waals surface area contributed by atoms with Crippen LogP contribution in [0.2, 0.25) is 0 Å². The number of aromatic nitrogens is 2. The van der Waals surface area contributed by atoms with Gasteiger partial charge in [-0.25, -0.2) is 9.78 Å². The molecule has 2 amide bonds. The number of aryl methyl sites for hydroxylation is 1. The number of morpholine rings is 1. The maximum absolute atomic E-state index is 11.9. The molecule has 0 aliphatic carbocycles. The van der Waals surface area contributed by atoms with Gasteiger partial charge >= 0.3 is 6.03 Å². The van der Waals surface area contributed by atoms with E-state index in [1.165, 1.54) is 0 Å². The van der Waals surface area contributed by atoms with Crippen molar-refractivity contribution in [3.8, 4) is 0 Å². The third-order valence-electron chi connectivity index (χ3n) is 3.06. The lowest BCUT2D eigenvalue weighted by atomic mass is 10.3. The first-order chi connectivity index (χ1) is 8.77. The molecule has 0 unspecified atom stereocenters. The zero-order valence-corrected chi connectivity index (χ0v) is 10.7. The van der Waals surface area contributed by atoms with E-state index in [4.69, 9.17) is 4.74 Å². The smallest absolute Gasteiger partial charge is 0.317 e. The standard InChI is InChI=1S/C12H20N4O2/c1-11-9-18-8-7-16(11)12(17)14-3-2-5-15-6-4-13-10-15/h4,6,10-11H,2-3,5,7-9H2,1H3,(H,14,17)/t11-/m1/s1. The van der Waals surface area contributed by atoms with Crippen molar-refractivity contribution in [2.45, 2.75) is 25.9 Å². The Hall–Kier alpha value is -1.56. The average Bonchev–Trinajstić information content (AvgIpc) is 2.88. The number of nitrogens with one attached hydrogen (secondary N) is 1. The molecule has 0 radical (unpaired) electrons. The molecule has 6 heteroatoms. The predicted molar refractivity (Wildman–Crippen MR) is 67.2 cm³/mol. The van der Waals surface area contributed by atoms with Gasteiger partial charge in [0.2, 0.25) is 0 Å². The summed E-state index contributed by atoms with van der Waals surface area (Å²) >= 11 is 0. The lowest BCUT2D eigenvalue weighted by Crippen LogP contribution is -2.51. The molecule has 1 atom stereocenters. The fourth-order valence-electron chi connectivity index (χ4n) is 2.01. The van der Waals surface area contributed by atoms with Crippen LogP contribution >= 0.6 is 0 Å². The highest BCUT2D eigenvalue weighted by Gasteiger charge is 2.22. The van der Waals surface area contributed by atoms with E-state index in [1.807, 2.05) is 22.6 Å². The highest BCUT2D eigenvalue weighted by molar-refractivity contribution is 5.74. The number of ether oxygens (including phenoxy) is 1. The minimum atomic E-state index is 0.0106. The van der Waals surface area contributed by atoms with Gasteiger partial charge in [0.05, 0.1) is 25.6 Å². The summed E-state index contributed by atoms with van der Waals surface area (Å²) in [6.07, 6.45) is 6.37. The molecule has 100 valence electrons. The fraction of sp³-hybridized carbons (Fsp3) is 0.667. The summed E-state index contributed by atoms with van der Waals surface area (Å²) in [4.78, 5) is 17.7. The first-order valence-electron chi connectivity index (χ1n) is 6.35. The molecule has 0 saturated carbocycles. The Morgan fingerprint density at radius 3 is 3.22 bits per heavy atom. The van der Waals surface area contributed by atoms with Crippen molar-refractivity contribution in [1.29, 1.82) is 0 Å². The Morgan fingerprint density at radius 1 is 1.61 bits per heavy atom. The maximum Gasteiger partial charge on any atom is 0.317 e. The average molecular weight is 252 g/mol. The summed E-state index contributed by atoms with van der Waals surface area (Å²) in [5.74, 6) is 0. The number of urea groups is 1. The van der Waals surface area contributed by atoms with Gasteiger partial charge in [0.1, 0.15) is 0 Å². The molecule has 1 N–H and O–H groups in total. The highest BCUT2D eigenvalue weighted by Crippen LogP contribution is 2.05. The van der Waals surface area contributed by atoms with Crippen LogP contribution in [0.4, 0.5) is 4.79 Å². The van der Waals surface area contributed by atoms with Gasteiger partial charge in [0, 0.05) is 32.0 Å². The Morgan fingerprint density at radius 2 is 2.50 bits per heavy atom. The minimum Gasteiger partial charge on any atom is -0.377 e. The Balaban J connectivity index is 1.65. The first kappa shape index (κ1) is 12.9. The van der Waals surface area contributed by atoms with Crippen LogP contribution in [0.15, 0.2) is 18.7 Å². The van der Waals surface area contributed by atoms with E-state index in [0.29, 0.717) is 26.3 Å². The topological polar surface area (TPSA) is 59.4 Å². The van der Waals surface area contributed by atoms with Gasteiger partial charge in [-0.2, -0.15) is 0 Å². The van der Waals surface area contributed by atoms with E-state index >= 15 is 0 Å². The Labute approximate surface area is 107 Å². The van der Waals surface area contributed by atoms with Crippen LogP contribution in [0.1, 0.15) is 13.3 Å². The predicted octanol–water partition coefficient (Wildman–Crippen LogP) is 0.703. The van der Waals surface area contributed by atoms with Gasteiger partial charge in [-0.1, -0.05) is 0 Å². The fourth-order valence-corrected chi connectivity index (χ4v) is 2.01. The SMILES string of the molecule is C[C@@H]1COCCN1C(=O)NCCCn1ccnc1. The number of rotatable bonds is 4. The molecule has 1 aliphatic heterocycles. The van der Waals surface area contributed by atoms with Crippen LogP contribution in [0, 0.1) is 0 Å². The van der Waals surface area contributed by atoms with Gasteiger partial charge in [-0.05, 0) is 13.3 Å². The van der Waals surface area contributed by atoms with Crippen LogP contribution in [-0.2, 0) is 11.3 Å². The molecule has 1 aliphatic rings. The molecule has 1 saturated heterocycles. The van der Waals surface area contributed by atoms with Crippen molar-refractivity contribution in [3.05, 3.63) is 18.7 Å². The quantitative estimate of drug-likeness (QED) is 0.803. The summed E-state index contributed by atoms with van der Waals surface area (Å²) in [6.45, 7) is 5.49. The lowest BCUT2D eigenvalue weighted by Gasteiger charge is -2.33. The first-order valence-corrected chi connectivity index (χ1v) is 6.35. The van der Waals surface area contributed by atoms with Crippen molar-refractivity contribution >= 4 is 6.03 Å². The van der Waals surface area contributed by atoms with Crippen LogP contribution in [0.3, 0.4) is 0 Å². The second-order valence-electron chi connectivity index (χ2n) is 4.50. The highest BCUT2D eigenvalue weighted by atomic mass is 16.5. The number of imidazole rings is 1. The molecular weight excluding hydrogens is 232 g/mol. The molecule has 1 aromatic heterocycles. The molecule has 1 aromatic rings. The van der Waals surface area contributed by atoms with E-state index in [0.717, 1.165) is 13.0 Å². The van der Waals surface area contributed by atoms with Crippen LogP contribution in [0.5, 0.6) is 0 Å². The van der Waals surface area contributed by atoms with E-state index in [9.17, 15) is 4.79 Å². The number of amides is 2. The maximum atomic E-state index is 11.9. The molecular formula is C12H20N4O2. The molecule has 1 fully saturated rings. The number of nitrogens with zero attached hydrogens (tertiary/aromatic N) is 3. The van der Waals surface area contributed by atoms with Crippen LogP contribution < -0.4 is 5.32 Å². The van der Waals surface area contributed by atoms with Crippen LogP contribution in [-0.4, -0.2) is 52.8 Å². The Bertz CT molecular complexity index is 366. The van der Waals surface area contributed by atoms with Crippen molar-refractivity contribution in [2.24, 2.45) is 0 Å². The van der Waals surface area contributed by atoms with Crippen molar-refractivity contribution in [1.82, 2.24) is 19.8 Å². The third kappa shape index (κ3) is 3.46. The zero-order valence-electron chi connectivity index (χ0n) is 10.7. The second kappa shape index (κ2) is 6.39. The monoisotopic (exact) mass is 252 g/mol. The zero-order chi connectivity index (χ0) is 12.8. The van der Waals surface area contributed by atoms with Gasteiger partial charge in [-0.15, -0.1) is 0 Å². The normalized spacial score (nSPS) is 19.8. The molecule has 2 heterocycles. The summed E-state index contributed by atoms with van der Waals surface area (Å²) < 4.78 is 7.31. The third-order valence-corrected chi connectivity index (χ3v) is 3.06. The van der Waals surface area contributed by atoms with E-state index in [1.54, 1.807) is 12.5 Å². The van der Waals surface area contributed by atoms with Crippen molar-refractivity contribution < 1.29 is 9.53 Å². The number of carbonyl (C=O) groups excluding carboxylic acids is 1. The molecule has 2 rings (SSSR count). The van der Waals surface area contributed by atoms with Crippen molar-refractivity contribution in [3.63, 3.8) is 0 Å². The molecule has 0 spiro atoms. The van der Waals surface area contributed by atoms with Crippen LogP contribution in [0.25, 0.3) is 0 Å².